The van der Waals surface area contributed by atoms with E-state index in [0.717, 1.165) is 11.3 Å². The van der Waals surface area contributed by atoms with Gasteiger partial charge in [0.2, 0.25) is 0 Å². The van der Waals surface area contributed by atoms with E-state index in [1.54, 1.807) is 22.8 Å². The summed E-state index contributed by atoms with van der Waals surface area (Å²) in [4.78, 5) is 39.2. The second-order valence-corrected chi connectivity index (χ2v) is 6.55. The van der Waals surface area contributed by atoms with E-state index < -0.39 is 16.8 Å². The zero-order valence-electron chi connectivity index (χ0n) is 14.6. The summed E-state index contributed by atoms with van der Waals surface area (Å²) in [5.41, 5.74) is 0.590. The maximum atomic E-state index is 12.6. The summed E-state index contributed by atoms with van der Waals surface area (Å²) in [5.74, 6) is 1.25. The van der Waals surface area contributed by atoms with Crippen LogP contribution in [0.25, 0.3) is 10.2 Å². The number of benzene rings is 2. The standard InChI is InChI=1S/C19H13N3O5S/c1-3-10-21-15-9-8-12(18(24)27-2)11-16(15)28-19(21)20-17(23)13-6-4-5-7-14(13)22(25)26/h1,4-9,11H,10H2,2H3. The molecule has 3 aromatic rings. The van der Waals surface area contributed by atoms with Gasteiger partial charge in [0, 0.05) is 6.07 Å². The van der Waals surface area contributed by atoms with Crippen molar-refractivity contribution in [2.45, 2.75) is 6.54 Å². The third kappa shape index (κ3) is 3.54. The summed E-state index contributed by atoms with van der Waals surface area (Å²) < 4.78 is 7.02. The van der Waals surface area contributed by atoms with Crippen LogP contribution in [0.1, 0.15) is 20.7 Å². The summed E-state index contributed by atoms with van der Waals surface area (Å²) >= 11 is 1.15. The Kier molecular flexibility index (Phi) is 5.33. The molecule has 0 aliphatic carbocycles. The number of carbonyl (C=O) groups is 2. The quantitative estimate of drug-likeness (QED) is 0.292. The lowest BCUT2D eigenvalue weighted by Crippen LogP contribution is -2.17. The molecule has 2 aromatic carbocycles. The first-order valence-corrected chi connectivity index (χ1v) is 8.75. The van der Waals surface area contributed by atoms with Crippen molar-refractivity contribution in [3.05, 3.63) is 68.5 Å². The van der Waals surface area contributed by atoms with Crippen molar-refractivity contribution in [2.24, 2.45) is 4.99 Å². The third-order valence-corrected chi connectivity index (χ3v) is 4.92. The van der Waals surface area contributed by atoms with Crippen LogP contribution in [-0.4, -0.2) is 28.5 Å². The van der Waals surface area contributed by atoms with Crippen molar-refractivity contribution < 1.29 is 19.2 Å². The van der Waals surface area contributed by atoms with Crippen LogP contribution in [0, 0.1) is 22.5 Å². The van der Waals surface area contributed by atoms with Gasteiger partial charge in [0.25, 0.3) is 11.6 Å². The van der Waals surface area contributed by atoms with Gasteiger partial charge >= 0.3 is 5.97 Å². The molecule has 0 unspecified atom stereocenters. The van der Waals surface area contributed by atoms with Crippen molar-refractivity contribution in [3.63, 3.8) is 0 Å². The molecule has 0 saturated heterocycles. The van der Waals surface area contributed by atoms with Crippen LogP contribution in [-0.2, 0) is 11.3 Å². The molecule has 0 radical (unpaired) electrons. The molecular formula is C19H13N3O5S. The molecular weight excluding hydrogens is 382 g/mol. The van der Waals surface area contributed by atoms with Gasteiger partial charge in [0.1, 0.15) is 5.56 Å². The number of ether oxygens (including phenoxy) is 1. The summed E-state index contributed by atoms with van der Waals surface area (Å²) in [6.07, 6.45) is 5.43. The highest BCUT2D eigenvalue weighted by molar-refractivity contribution is 7.16. The van der Waals surface area contributed by atoms with E-state index in [4.69, 9.17) is 11.2 Å². The molecule has 28 heavy (non-hydrogen) atoms. The monoisotopic (exact) mass is 395 g/mol. The number of aromatic nitrogens is 1. The van der Waals surface area contributed by atoms with Gasteiger partial charge in [0.15, 0.2) is 4.80 Å². The highest BCUT2D eigenvalue weighted by Crippen LogP contribution is 2.21. The smallest absolute Gasteiger partial charge is 0.337 e. The van der Waals surface area contributed by atoms with Crippen LogP contribution in [0.4, 0.5) is 5.69 Å². The number of para-hydroxylation sites is 1. The van der Waals surface area contributed by atoms with E-state index in [0.29, 0.717) is 15.8 Å². The molecule has 0 saturated carbocycles. The Morgan fingerprint density at radius 2 is 2.07 bits per heavy atom. The lowest BCUT2D eigenvalue weighted by molar-refractivity contribution is -0.385. The van der Waals surface area contributed by atoms with Crippen LogP contribution in [0.5, 0.6) is 0 Å². The lowest BCUT2D eigenvalue weighted by atomic mass is 10.2. The van der Waals surface area contributed by atoms with Gasteiger partial charge in [-0.3, -0.25) is 14.9 Å². The largest absolute Gasteiger partial charge is 0.465 e. The molecule has 0 aliphatic rings. The van der Waals surface area contributed by atoms with Gasteiger partial charge in [-0.15, -0.1) is 6.42 Å². The zero-order chi connectivity index (χ0) is 20.3. The topological polar surface area (TPSA) is 104 Å². The SMILES string of the molecule is C#CCn1c(=NC(=O)c2ccccc2[N+](=O)[O-])sc2cc(C(=O)OC)ccc21. The molecule has 1 heterocycles. The number of fused-ring (bicyclic) bond motifs is 1. The molecule has 1 aromatic heterocycles. The molecule has 0 bridgehead atoms. The van der Waals surface area contributed by atoms with Crippen LogP contribution in [0.15, 0.2) is 47.5 Å². The summed E-state index contributed by atoms with van der Waals surface area (Å²) in [5, 5.41) is 11.2. The summed E-state index contributed by atoms with van der Waals surface area (Å²) in [6.45, 7) is 0.139. The van der Waals surface area contributed by atoms with Crippen LogP contribution < -0.4 is 4.80 Å². The maximum Gasteiger partial charge on any atom is 0.337 e. The second-order valence-electron chi connectivity index (χ2n) is 5.54. The molecule has 140 valence electrons. The number of nitro groups is 1. The fourth-order valence-corrected chi connectivity index (χ4v) is 3.68. The maximum absolute atomic E-state index is 12.6. The number of terminal acetylenes is 1. The van der Waals surface area contributed by atoms with Gasteiger partial charge in [0.05, 0.1) is 34.4 Å². The molecule has 0 spiro atoms. The number of methoxy groups -OCH3 is 1. The average molecular weight is 395 g/mol. The minimum Gasteiger partial charge on any atom is -0.465 e. The molecule has 9 heteroatoms. The Balaban J connectivity index is 2.17. The first kappa shape index (κ1) is 19.0. The van der Waals surface area contributed by atoms with Crippen molar-refractivity contribution in [2.75, 3.05) is 7.11 Å². The fourth-order valence-electron chi connectivity index (χ4n) is 2.61. The lowest BCUT2D eigenvalue weighted by Gasteiger charge is -2.02. The Hall–Kier alpha value is -3.77. The Morgan fingerprint density at radius 1 is 1.32 bits per heavy atom. The Labute approximate surface area is 162 Å². The number of nitrogens with zero attached hydrogens (tertiary/aromatic N) is 3. The summed E-state index contributed by atoms with van der Waals surface area (Å²) in [6, 6.07) is 10.5. The molecule has 1 amide bonds. The van der Waals surface area contributed by atoms with Crippen LogP contribution in [0.3, 0.4) is 0 Å². The van der Waals surface area contributed by atoms with Crippen molar-refractivity contribution in [1.82, 2.24) is 4.57 Å². The zero-order valence-corrected chi connectivity index (χ0v) is 15.4. The van der Waals surface area contributed by atoms with E-state index in [1.807, 2.05) is 0 Å². The van der Waals surface area contributed by atoms with E-state index in [-0.39, 0.29) is 22.6 Å². The number of rotatable bonds is 4. The molecule has 0 aliphatic heterocycles. The normalized spacial score (nSPS) is 11.2. The number of hydrogen-bond donors (Lipinski definition) is 0. The first-order chi connectivity index (χ1) is 13.5. The molecule has 8 nitrogen and oxygen atoms in total. The Bertz CT molecular complexity index is 1220. The highest BCUT2D eigenvalue weighted by Gasteiger charge is 2.19. The van der Waals surface area contributed by atoms with Gasteiger partial charge in [-0.1, -0.05) is 29.4 Å². The predicted molar refractivity (Wildman–Crippen MR) is 103 cm³/mol. The molecule has 3 rings (SSSR count). The number of esters is 1. The minimum absolute atomic E-state index is 0.118. The Morgan fingerprint density at radius 3 is 2.75 bits per heavy atom. The van der Waals surface area contributed by atoms with Crippen LogP contribution in [0.2, 0.25) is 0 Å². The van der Waals surface area contributed by atoms with Crippen molar-refractivity contribution >= 4 is 39.1 Å². The van der Waals surface area contributed by atoms with E-state index in [2.05, 4.69) is 10.9 Å². The highest BCUT2D eigenvalue weighted by atomic mass is 32.1. The van der Waals surface area contributed by atoms with Gasteiger partial charge < -0.3 is 9.30 Å². The van der Waals surface area contributed by atoms with Gasteiger partial charge in [-0.2, -0.15) is 4.99 Å². The predicted octanol–water partition coefficient (Wildman–Crippen LogP) is 2.77. The van der Waals surface area contributed by atoms with E-state index in [1.165, 1.54) is 31.4 Å². The first-order valence-electron chi connectivity index (χ1n) is 7.94. The fraction of sp³-hybridized carbons (Fsp3) is 0.105. The van der Waals surface area contributed by atoms with Gasteiger partial charge in [-0.25, -0.2) is 4.79 Å². The summed E-state index contributed by atoms with van der Waals surface area (Å²) in [7, 11) is 1.28. The number of nitro benzene ring substituents is 1. The number of thiazole rings is 1. The average Bonchev–Trinajstić information content (AvgIpc) is 3.03. The molecule has 0 fully saturated rings. The second kappa shape index (κ2) is 7.85. The van der Waals surface area contributed by atoms with E-state index in [9.17, 15) is 19.7 Å². The van der Waals surface area contributed by atoms with Gasteiger partial charge in [-0.05, 0) is 24.3 Å². The number of carbonyl (C=O) groups excluding carboxylic acids is 2. The van der Waals surface area contributed by atoms with Crippen molar-refractivity contribution in [1.29, 1.82) is 0 Å². The van der Waals surface area contributed by atoms with E-state index >= 15 is 0 Å². The minimum atomic E-state index is -0.752. The number of amides is 1. The van der Waals surface area contributed by atoms with Crippen molar-refractivity contribution in [3.8, 4) is 12.3 Å². The molecule has 0 atom stereocenters. The van der Waals surface area contributed by atoms with Crippen LogP contribution >= 0.6 is 11.3 Å². The molecule has 0 N–H and O–H groups in total. The third-order valence-electron chi connectivity index (χ3n) is 3.88. The number of hydrogen-bond acceptors (Lipinski definition) is 6.